The molecule has 1 aliphatic heterocycles. The fourth-order valence-electron chi connectivity index (χ4n) is 2.37. The first kappa shape index (κ1) is 14.6. The summed E-state index contributed by atoms with van der Waals surface area (Å²) in [6.45, 7) is 1.73. The Hall–Kier alpha value is -1.76. The summed E-state index contributed by atoms with van der Waals surface area (Å²) < 4.78 is 28.1. The molecule has 0 aliphatic carbocycles. The molecule has 1 aromatic rings. The normalized spacial score (nSPS) is 24.3. The minimum absolute atomic E-state index is 0.0460. The molecular weight excluding hydrogens is 280 g/mol. The van der Waals surface area contributed by atoms with E-state index in [2.05, 4.69) is 5.32 Å². The van der Waals surface area contributed by atoms with Gasteiger partial charge in [0, 0.05) is 0 Å². The molecule has 0 saturated carbocycles. The standard InChI is InChI=1S/C13H18N2O4S/c1-13(6-7-20(17,18)8-13)15-12(16)9-4-3-5-10(19-2)11(9)14/h3-5H,6-8,14H2,1-2H3,(H,15,16). The highest BCUT2D eigenvalue weighted by molar-refractivity contribution is 7.91. The molecule has 1 fully saturated rings. The van der Waals surface area contributed by atoms with Gasteiger partial charge in [-0.2, -0.15) is 0 Å². The van der Waals surface area contributed by atoms with Gasteiger partial charge in [0.05, 0.1) is 35.4 Å². The number of para-hydroxylation sites is 1. The van der Waals surface area contributed by atoms with Crippen molar-refractivity contribution in [3.8, 4) is 5.75 Å². The van der Waals surface area contributed by atoms with Crippen LogP contribution in [0.1, 0.15) is 23.7 Å². The number of hydrogen-bond donors (Lipinski definition) is 2. The van der Waals surface area contributed by atoms with Gasteiger partial charge in [-0.3, -0.25) is 4.79 Å². The van der Waals surface area contributed by atoms with Gasteiger partial charge in [0.15, 0.2) is 9.84 Å². The van der Waals surface area contributed by atoms with Crippen molar-refractivity contribution in [2.24, 2.45) is 0 Å². The summed E-state index contributed by atoms with van der Waals surface area (Å²) in [6, 6.07) is 4.91. The van der Waals surface area contributed by atoms with Gasteiger partial charge in [-0.25, -0.2) is 8.42 Å². The maximum atomic E-state index is 12.3. The van der Waals surface area contributed by atoms with E-state index in [9.17, 15) is 13.2 Å². The minimum Gasteiger partial charge on any atom is -0.495 e. The van der Waals surface area contributed by atoms with Crippen LogP contribution in [0.5, 0.6) is 5.75 Å². The van der Waals surface area contributed by atoms with E-state index in [4.69, 9.17) is 10.5 Å². The molecule has 2 rings (SSSR count). The first-order chi connectivity index (χ1) is 9.26. The van der Waals surface area contributed by atoms with E-state index in [1.54, 1.807) is 25.1 Å². The smallest absolute Gasteiger partial charge is 0.253 e. The Morgan fingerprint density at radius 3 is 2.70 bits per heavy atom. The Labute approximate surface area is 118 Å². The van der Waals surface area contributed by atoms with Crippen LogP contribution < -0.4 is 15.8 Å². The Balaban J connectivity index is 2.21. The molecule has 0 spiro atoms. The lowest BCUT2D eigenvalue weighted by Crippen LogP contribution is -2.47. The van der Waals surface area contributed by atoms with E-state index >= 15 is 0 Å². The van der Waals surface area contributed by atoms with Crippen molar-refractivity contribution in [3.63, 3.8) is 0 Å². The Bertz CT molecular complexity index is 642. The van der Waals surface area contributed by atoms with Gasteiger partial charge in [-0.05, 0) is 25.5 Å². The molecule has 20 heavy (non-hydrogen) atoms. The Morgan fingerprint density at radius 2 is 2.15 bits per heavy atom. The lowest BCUT2D eigenvalue weighted by Gasteiger charge is -2.24. The molecule has 1 unspecified atom stereocenters. The molecule has 1 atom stereocenters. The fourth-order valence-corrected chi connectivity index (χ4v) is 4.46. The average molecular weight is 298 g/mol. The molecule has 1 saturated heterocycles. The van der Waals surface area contributed by atoms with Crippen LogP contribution in [0.25, 0.3) is 0 Å². The van der Waals surface area contributed by atoms with E-state index in [1.807, 2.05) is 0 Å². The third-order valence-electron chi connectivity index (χ3n) is 3.45. The number of rotatable bonds is 3. The third-order valence-corrected chi connectivity index (χ3v) is 5.35. The number of carbonyl (C=O) groups is 1. The lowest BCUT2D eigenvalue weighted by atomic mass is 10.0. The summed E-state index contributed by atoms with van der Waals surface area (Å²) in [5.74, 6) is 0.0790. The monoisotopic (exact) mass is 298 g/mol. The number of amides is 1. The second-order valence-corrected chi connectivity index (χ2v) is 7.46. The highest BCUT2D eigenvalue weighted by Crippen LogP contribution is 2.27. The minimum atomic E-state index is -3.08. The SMILES string of the molecule is COc1cccc(C(=O)NC2(C)CCS(=O)(=O)C2)c1N. The number of hydrogen-bond acceptors (Lipinski definition) is 5. The van der Waals surface area contributed by atoms with Crippen LogP contribution >= 0.6 is 0 Å². The van der Waals surface area contributed by atoms with Gasteiger partial charge in [0.25, 0.3) is 5.91 Å². The van der Waals surface area contributed by atoms with Crippen molar-refractivity contribution < 1.29 is 17.9 Å². The van der Waals surface area contributed by atoms with E-state index in [1.165, 1.54) is 7.11 Å². The molecule has 1 heterocycles. The van der Waals surface area contributed by atoms with Crippen molar-refractivity contribution in [2.75, 3.05) is 24.3 Å². The number of anilines is 1. The maximum Gasteiger partial charge on any atom is 0.253 e. The predicted octanol–water partition coefficient (Wildman–Crippen LogP) is 0.584. The predicted molar refractivity (Wildman–Crippen MR) is 76.5 cm³/mol. The second-order valence-electron chi connectivity index (χ2n) is 5.28. The molecule has 110 valence electrons. The van der Waals surface area contributed by atoms with Crippen LogP contribution in [0.4, 0.5) is 5.69 Å². The summed E-state index contributed by atoms with van der Waals surface area (Å²) in [4.78, 5) is 12.3. The number of methoxy groups -OCH3 is 1. The van der Waals surface area contributed by atoms with E-state index in [0.717, 1.165) is 0 Å². The van der Waals surface area contributed by atoms with Crippen molar-refractivity contribution >= 4 is 21.4 Å². The van der Waals surface area contributed by atoms with Crippen LogP contribution in [0, 0.1) is 0 Å². The van der Waals surface area contributed by atoms with Gasteiger partial charge in [-0.1, -0.05) is 6.07 Å². The summed E-state index contributed by atoms with van der Waals surface area (Å²) in [5, 5.41) is 2.77. The maximum absolute atomic E-state index is 12.3. The van der Waals surface area contributed by atoms with E-state index < -0.39 is 15.4 Å². The third kappa shape index (κ3) is 2.87. The van der Waals surface area contributed by atoms with E-state index in [0.29, 0.717) is 12.2 Å². The zero-order chi connectivity index (χ0) is 15.0. The average Bonchev–Trinajstić information content (AvgIpc) is 2.63. The molecule has 1 amide bonds. The molecule has 1 aliphatic rings. The zero-order valence-electron chi connectivity index (χ0n) is 11.5. The van der Waals surface area contributed by atoms with Crippen LogP contribution in [-0.4, -0.2) is 38.5 Å². The van der Waals surface area contributed by atoms with Crippen molar-refractivity contribution in [3.05, 3.63) is 23.8 Å². The van der Waals surface area contributed by atoms with Crippen LogP contribution in [0.2, 0.25) is 0 Å². The number of sulfone groups is 1. The molecule has 0 aromatic heterocycles. The number of nitrogens with two attached hydrogens (primary N) is 1. The Morgan fingerprint density at radius 1 is 1.45 bits per heavy atom. The quantitative estimate of drug-likeness (QED) is 0.796. The molecule has 0 bridgehead atoms. The largest absolute Gasteiger partial charge is 0.495 e. The van der Waals surface area contributed by atoms with Crippen LogP contribution in [-0.2, 0) is 9.84 Å². The Kier molecular flexibility index (Phi) is 3.64. The van der Waals surface area contributed by atoms with Gasteiger partial charge in [0.1, 0.15) is 5.75 Å². The summed E-state index contributed by atoms with van der Waals surface area (Å²) in [7, 11) is -1.60. The fraction of sp³-hybridized carbons (Fsp3) is 0.462. The molecule has 1 aromatic carbocycles. The summed E-state index contributed by atoms with van der Waals surface area (Å²) in [5.41, 5.74) is 5.65. The highest BCUT2D eigenvalue weighted by atomic mass is 32.2. The van der Waals surface area contributed by atoms with Gasteiger partial charge < -0.3 is 15.8 Å². The molecule has 0 radical (unpaired) electrons. The van der Waals surface area contributed by atoms with Crippen LogP contribution in [0.15, 0.2) is 18.2 Å². The molecule has 3 N–H and O–H groups in total. The molecule has 7 heteroatoms. The first-order valence-electron chi connectivity index (χ1n) is 6.22. The first-order valence-corrected chi connectivity index (χ1v) is 8.04. The molecular formula is C13H18N2O4S. The van der Waals surface area contributed by atoms with Gasteiger partial charge in [0.2, 0.25) is 0 Å². The van der Waals surface area contributed by atoms with Crippen molar-refractivity contribution in [1.29, 1.82) is 0 Å². The highest BCUT2D eigenvalue weighted by Gasteiger charge is 2.39. The number of benzene rings is 1. The summed E-state index contributed by atoms with van der Waals surface area (Å²) in [6.07, 6.45) is 0.408. The zero-order valence-corrected chi connectivity index (χ0v) is 12.3. The number of nitrogens with one attached hydrogen (secondary N) is 1. The lowest BCUT2D eigenvalue weighted by molar-refractivity contribution is 0.0916. The van der Waals surface area contributed by atoms with Crippen molar-refractivity contribution in [1.82, 2.24) is 5.32 Å². The van der Waals surface area contributed by atoms with E-state index in [-0.39, 0.29) is 28.7 Å². The number of carbonyl (C=O) groups excluding carboxylic acids is 1. The topological polar surface area (TPSA) is 98.5 Å². The van der Waals surface area contributed by atoms with Crippen molar-refractivity contribution in [2.45, 2.75) is 18.9 Å². The molecule has 6 nitrogen and oxygen atoms in total. The van der Waals surface area contributed by atoms with Gasteiger partial charge >= 0.3 is 0 Å². The number of ether oxygens (including phenoxy) is 1. The second kappa shape index (κ2) is 4.97. The van der Waals surface area contributed by atoms with Crippen LogP contribution in [0.3, 0.4) is 0 Å². The number of nitrogen functional groups attached to an aromatic ring is 1. The van der Waals surface area contributed by atoms with Gasteiger partial charge in [-0.15, -0.1) is 0 Å². The summed E-state index contributed by atoms with van der Waals surface area (Å²) >= 11 is 0.